The van der Waals surface area contributed by atoms with Gasteiger partial charge in [-0.2, -0.15) is 0 Å². The molecule has 0 saturated carbocycles. The lowest BCUT2D eigenvalue weighted by Crippen LogP contribution is -2.27. The maximum absolute atomic E-state index is 12.3. The predicted molar refractivity (Wildman–Crippen MR) is 100 cm³/mol. The number of halogens is 1. The Balaban J connectivity index is 2.03. The molecule has 0 radical (unpaired) electrons. The zero-order valence-electron chi connectivity index (χ0n) is 14.6. The molecular weight excluding hydrogens is 340 g/mol. The summed E-state index contributed by atoms with van der Waals surface area (Å²) in [5, 5.41) is 6.00. The lowest BCUT2D eigenvalue weighted by molar-refractivity contribution is 0.0636. The van der Waals surface area contributed by atoms with Crippen molar-refractivity contribution < 1.29 is 14.3 Å². The standard InChI is InChI=1S/C19H21ClN2O3/c1-12-5-8-14(20)11-16(12)22-17(23)13-6-9-15(10-7-13)21-18(24)25-19(2,3)4/h5-11H,1-4H3,(H,21,24)(H,22,23). The number of hydrogen-bond donors (Lipinski definition) is 2. The number of benzene rings is 2. The van der Waals surface area contributed by atoms with Crippen molar-refractivity contribution >= 4 is 35.0 Å². The second kappa shape index (κ2) is 7.57. The van der Waals surface area contributed by atoms with Crippen LogP contribution in [-0.4, -0.2) is 17.6 Å². The Morgan fingerprint density at radius 3 is 2.24 bits per heavy atom. The van der Waals surface area contributed by atoms with E-state index in [2.05, 4.69) is 10.6 Å². The molecular formula is C19H21ClN2O3. The number of carbonyl (C=O) groups is 2. The van der Waals surface area contributed by atoms with Crippen LogP contribution in [0, 0.1) is 6.92 Å². The van der Waals surface area contributed by atoms with Crippen molar-refractivity contribution in [1.29, 1.82) is 0 Å². The topological polar surface area (TPSA) is 67.4 Å². The number of hydrogen-bond acceptors (Lipinski definition) is 3. The average Bonchev–Trinajstić information content (AvgIpc) is 2.49. The Morgan fingerprint density at radius 1 is 1.00 bits per heavy atom. The molecule has 0 aliphatic carbocycles. The lowest BCUT2D eigenvalue weighted by atomic mass is 10.1. The summed E-state index contributed by atoms with van der Waals surface area (Å²) in [7, 11) is 0. The molecule has 132 valence electrons. The Labute approximate surface area is 152 Å². The lowest BCUT2D eigenvalue weighted by Gasteiger charge is -2.19. The minimum Gasteiger partial charge on any atom is -0.444 e. The first-order chi connectivity index (χ1) is 11.6. The van der Waals surface area contributed by atoms with Gasteiger partial charge in [-0.05, 0) is 69.7 Å². The first-order valence-corrected chi connectivity index (χ1v) is 8.19. The summed E-state index contributed by atoms with van der Waals surface area (Å²) in [5.41, 5.74) is 2.02. The molecule has 0 bridgehead atoms. The molecule has 0 aliphatic heterocycles. The van der Waals surface area contributed by atoms with Crippen molar-refractivity contribution in [3.8, 4) is 0 Å². The molecule has 0 spiro atoms. The van der Waals surface area contributed by atoms with Gasteiger partial charge in [0.05, 0.1) is 0 Å². The summed E-state index contributed by atoms with van der Waals surface area (Å²) in [6.07, 6.45) is -0.542. The van der Waals surface area contributed by atoms with E-state index < -0.39 is 11.7 Å². The van der Waals surface area contributed by atoms with Crippen LogP contribution in [0.1, 0.15) is 36.7 Å². The first-order valence-electron chi connectivity index (χ1n) is 7.81. The van der Waals surface area contributed by atoms with Crippen LogP contribution in [0.5, 0.6) is 0 Å². The fourth-order valence-corrected chi connectivity index (χ4v) is 2.22. The molecule has 0 unspecified atom stereocenters. The highest BCUT2D eigenvalue weighted by Crippen LogP contribution is 2.21. The van der Waals surface area contributed by atoms with Crippen LogP contribution in [0.2, 0.25) is 5.02 Å². The Bertz CT molecular complexity index is 780. The summed E-state index contributed by atoms with van der Waals surface area (Å²) in [6.45, 7) is 7.26. The number of aryl methyl sites for hydroxylation is 1. The van der Waals surface area contributed by atoms with Gasteiger partial charge in [-0.15, -0.1) is 0 Å². The van der Waals surface area contributed by atoms with Crippen LogP contribution in [0.3, 0.4) is 0 Å². The number of carbonyl (C=O) groups excluding carboxylic acids is 2. The average molecular weight is 361 g/mol. The van der Waals surface area contributed by atoms with E-state index in [0.717, 1.165) is 5.56 Å². The first kappa shape index (κ1) is 18.8. The predicted octanol–water partition coefficient (Wildman–Crippen LogP) is 5.25. The van der Waals surface area contributed by atoms with E-state index in [1.165, 1.54) is 0 Å². The van der Waals surface area contributed by atoms with E-state index in [1.54, 1.807) is 57.2 Å². The molecule has 2 N–H and O–H groups in total. The van der Waals surface area contributed by atoms with Crippen molar-refractivity contribution in [2.45, 2.75) is 33.3 Å². The number of amides is 2. The second-order valence-corrected chi connectivity index (χ2v) is 7.05. The molecule has 0 aromatic heterocycles. The molecule has 2 aromatic rings. The Kier molecular flexibility index (Phi) is 5.69. The fourth-order valence-electron chi connectivity index (χ4n) is 2.05. The molecule has 2 amide bonds. The van der Waals surface area contributed by atoms with E-state index in [4.69, 9.17) is 16.3 Å². The molecule has 2 rings (SSSR count). The van der Waals surface area contributed by atoms with Gasteiger partial charge in [0.1, 0.15) is 5.60 Å². The summed E-state index contributed by atoms with van der Waals surface area (Å²) in [4.78, 5) is 24.1. The third-order valence-corrected chi connectivity index (χ3v) is 3.48. The molecule has 0 aliphatic rings. The van der Waals surface area contributed by atoms with Crippen LogP contribution >= 0.6 is 11.6 Å². The van der Waals surface area contributed by atoms with Gasteiger partial charge in [-0.1, -0.05) is 17.7 Å². The number of ether oxygens (including phenoxy) is 1. The van der Waals surface area contributed by atoms with Crippen LogP contribution < -0.4 is 10.6 Å². The zero-order chi connectivity index (χ0) is 18.6. The largest absolute Gasteiger partial charge is 0.444 e. The van der Waals surface area contributed by atoms with Gasteiger partial charge in [-0.25, -0.2) is 4.79 Å². The quantitative estimate of drug-likeness (QED) is 0.785. The summed E-state index contributed by atoms with van der Waals surface area (Å²) >= 11 is 5.96. The maximum Gasteiger partial charge on any atom is 0.412 e. The van der Waals surface area contributed by atoms with Crippen molar-refractivity contribution in [1.82, 2.24) is 0 Å². The number of anilines is 2. The Hall–Kier alpha value is -2.53. The minimum absolute atomic E-state index is 0.255. The zero-order valence-corrected chi connectivity index (χ0v) is 15.4. The van der Waals surface area contributed by atoms with Gasteiger partial charge >= 0.3 is 6.09 Å². The molecule has 0 heterocycles. The summed E-state index contributed by atoms with van der Waals surface area (Å²) in [5.74, 6) is -0.255. The van der Waals surface area contributed by atoms with E-state index in [0.29, 0.717) is 22.0 Å². The van der Waals surface area contributed by atoms with Crippen LogP contribution in [0.25, 0.3) is 0 Å². The third kappa shape index (κ3) is 5.80. The normalized spacial score (nSPS) is 10.9. The van der Waals surface area contributed by atoms with Crippen molar-refractivity contribution in [3.63, 3.8) is 0 Å². The van der Waals surface area contributed by atoms with Gasteiger partial charge in [-0.3, -0.25) is 10.1 Å². The SMILES string of the molecule is Cc1ccc(Cl)cc1NC(=O)c1ccc(NC(=O)OC(C)(C)C)cc1. The monoisotopic (exact) mass is 360 g/mol. The molecule has 6 heteroatoms. The maximum atomic E-state index is 12.3. The van der Waals surface area contributed by atoms with Crippen molar-refractivity contribution in [2.24, 2.45) is 0 Å². The third-order valence-electron chi connectivity index (χ3n) is 3.24. The fraction of sp³-hybridized carbons (Fsp3) is 0.263. The molecule has 5 nitrogen and oxygen atoms in total. The van der Waals surface area contributed by atoms with Crippen LogP contribution in [-0.2, 0) is 4.74 Å². The van der Waals surface area contributed by atoms with Crippen molar-refractivity contribution in [2.75, 3.05) is 10.6 Å². The number of nitrogens with one attached hydrogen (secondary N) is 2. The molecule has 2 aromatic carbocycles. The van der Waals surface area contributed by atoms with Crippen LogP contribution in [0.4, 0.5) is 16.2 Å². The summed E-state index contributed by atoms with van der Waals surface area (Å²) in [6, 6.07) is 11.8. The molecule has 0 atom stereocenters. The van der Waals surface area contributed by atoms with Crippen molar-refractivity contribution in [3.05, 3.63) is 58.6 Å². The Morgan fingerprint density at radius 2 is 1.64 bits per heavy atom. The van der Waals surface area contributed by atoms with Gasteiger partial charge in [0.2, 0.25) is 0 Å². The molecule has 0 fully saturated rings. The van der Waals surface area contributed by atoms with Crippen LogP contribution in [0.15, 0.2) is 42.5 Å². The highest BCUT2D eigenvalue weighted by atomic mass is 35.5. The molecule has 25 heavy (non-hydrogen) atoms. The van der Waals surface area contributed by atoms with Gasteiger partial charge < -0.3 is 10.1 Å². The highest BCUT2D eigenvalue weighted by molar-refractivity contribution is 6.31. The van der Waals surface area contributed by atoms with E-state index in [1.807, 2.05) is 13.0 Å². The molecule has 0 saturated heterocycles. The highest BCUT2D eigenvalue weighted by Gasteiger charge is 2.16. The summed E-state index contributed by atoms with van der Waals surface area (Å²) < 4.78 is 5.18. The second-order valence-electron chi connectivity index (χ2n) is 6.62. The van der Waals surface area contributed by atoms with E-state index in [-0.39, 0.29) is 5.91 Å². The number of rotatable bonds is 3. The van der Waals surface area contributed by atoms with E-state index in [9.17, 15) is 9.59 Å². The van der Waals surface area contributed by atoms with Gasteiger partial charge in [0.15, 0.2) is 0 Å². The minimum atomic E-state index is -0.571. The van der Waals surface area contributed by atoms with E-state index >= 15 is 0 Å². The van der Waals surface area contributed by atoms with Gasteiger partial charge in [0, 0.05) is 22.0 Å². The smallest absolute Gasteiger partial charge is 0.412 e. The van der Waals surface area contributed by atoms with Gasteiger partial charge in [0.25, 0.3) is 5.91 Å².